The lowest BCUT2D eigenvalue weighted by atomic mass is 9.87. The van der Waals surface area contributed by atoms with E-state index in [1.54, 1.807) is 36.7 Å². The molecule has 0 atom stereocenters. The van der Waals surface area contributed by atoms with Gasteiger partial charge >= 0.3 is 11.9 Å². The molecule has 11 heteroatoms. The molecule has 0 radical (unpaired) electrons. The number of nitrogens with zero attached hydrogens (tertiary/aromatic N) is 3. The fraction of sp³-hybridized carbons (Fsp3) is 0.276. The highest BCUT2D eigenvalue weighted by molar-refractivity contribution is 6.27. The lowest BCUT2D eigenvalue weighted by Gasteiger charge is -2.28. The van der Waals surface area contributed by atoms with Gasteiger partial charge < -0.3 is 20.0 Å². The zero-order valence-corrected chi connectivity index (χ0v) is 21.6. The molecular weight excluding hydrogens is 524 g/mol. The van der Waals surface area contributed by atoms with E-state index in [9.17, 15) is 13.6 Å². The van der Waals surface area contributed by atoms with Crippen molar-refractivity contribution in [2.45, 2.75) is 38.2 Å². The molecule has 0 aliphatic carbocycles. The van der Waals surface area contributed by atoms with Gasteiger partial charge in [-0.25, -0.2) is 18.4 Å². The molecule has 2 heterocycles. The second-order valence-corrected chi connectivity index (χ2v) is 8.98. The van der Waals surface area contributed by atoms with Crippen LogP contribution in [-0.2, 0) is 25.8 Å². The molecule has 0 saturated carbocycles. The summed E-state index contributed by atoms with van der Waals surface area (Å²) in [5.74, 6) is -4.32. The van der Waals surface area contributed by atoms with Gasteiger partial charge in [-0.2, -0.15) is 0 Å². The fourth-order valence-electron chi connectivity index (χ4n) is 4.13. The highest BCUT2D eigenvalue weighted by atomic mass is 19.1. The van der Waals surface area contributed by atoms with Crippen molar-refractivity contribution in [2.75, 3.05) is 13.1 Å². The summed E-state index contributed by atoms with van der Waals surface area (Å²) in [6.07, 6.45) is 5.72. The van der Waals surface area contributed by atoms with Crippen LogP contribution in [0.3, 0.4) is 0 Å². The van der Waals surface area contributed by atoms with Gasteiger partial charge in [0.2, 0.25) is 5.91 Å². The molecule has 2 aromatic carbocycles. The predicted octanol–water partition coefficient (Wildman–Crippen LogP) is 4.62. The molecule has 9 nitrogen and oxygen atoms in total. The molecule has 0 bridgehead atoms. The Morgan fingerprint density at radius 3 is 1.93 bits per heavy atom. The summed E-state index contributed by atoms with van der Waals surface area (Å²) in [7, 11) is 0. The number of carboxylic acids is 2. The lowest BCUT2D eigenvalue weighted by molar-refractivity contribution is -0.159. The van der Waals surface area contributed by atoms with E-state index in [4.69, 9.17) is 24.6 Å². The number of halogens is 2. The van der Waals surface area contributed by atoms with Crippen molar-refractivity contribution >= 4 is 23.6 Å². The normalized spacial score (nSPS) is 12.8. The van der Waals surface area contributed by atoms with Crippen LogP contribution in [0.15, 0.2) is 78.2 Å². The van der Waals surface area contributed by atoms with Crippen LogP contribution in [0, 0.1) is 11.6 Å². The summed E-state index contributed by atoms with van der Waals surface area (Å²) in [4.78, 5) is 42.4. The number of hydrogen-bond acceptors (Lipinski definition) is 6. The first-order valence-electron chi connectivity index (χ1n) is 12.5. The van der Waals surface area contributed by atoms with E-state index < -0.39 is 11.9 Å². The van der Waals surface area contributed by atoms with Crippen molar-refractivity contribution in [3.05, 3.63) is 101 Å². The van der Waals surface area contributed by atoms with Crippen LogP contribution in [-0.4, -0.2) is 56.7 Å². The Morgan fingerprint density at radius 2 is 1.45 bits per heavy atom. The Balaban J connectivity index is 0.000000663. The summed E-state index contributed by atoms with van der Waals surface area (Å²) in [6, 6.07) is 16.3. The number of carboxylic acid groups (broad SMARTS) is 2. The first-order chi connectivity index (χ1) is 19.2. The lowest BCUT2D eigenvalue weighted by Crippen LogP contribution is -2.38. The Labute approximate surface area is 229 Å². The number of aromatic nitrogens is 1. The van der Waals surface area contributed by atoms with E-state index in [0.717, 1.165) is 22.4 Å². The zero-order chi connectivity index (χ0) is 28.9. The number of rotatable bonds is 8. The third-order valence-electron chi connectivity index (χ3n) is 6.22. The standard InChI is InChI=1S/C27H27F2N3O2.C2H2O4/c28-23-7-3-21(4-8-23)26(22-5-9-24(29)10-6-22)11-12-27(33)32-16-13-25(14-17-32)31-34-19-20-2-1-15-30-18-20;3-1(4)2(5)6/h1-10,15,18,26H,11-14,16-17,19H2;(H,3,4)(H,5,6). The molecule has 1 saturated heterocycles. The molecule has 4 rings (SSSR count). The maximum atomic E-state index is 13.4. The number of carbonyl (C=O) groups is 3. The number of oxime groups is 1. The van der Waals surface area contributed by atoms with E-state index in [0.29, 0.717) is 45.4 Å². The topological polar surface area (TPSA) is 129 Å². The van der Waals surface area contributed by atoms with E-state index in [1.165, 1.54) is 24.3 Å². The summed E-state index contributed by atoms with van der Waals surface area (Å²) in [5, 5.41) is 19.0. The van der Waals surface area contributed by atoms with E-state index in [-0.39, 0.29) is 23.5 Å². The van der Waals surface area contributed by atoms with Crippen molar-refractivity contribution < 1.29 is 38.2 Å². The van der Waals surface area contributed by atoms with Gasteiger partial charge in [-0.1, -0.05) is 35.5 Å². The molecule has 1 aliphatic rings. The highest BCUT2D eigenvalue weighted by Crippen LogP contribution is 2.30. The van der Waals surface area contributed by atoms with Crippen LogP contribution in [0.5, 0.6) is 0 Å². The number of likely N-dealkylation sites (tertiary alicyclic amines) is 1. The first-order valence-corrected chi connectivity index (χ1v) is 12.5. The number of pyridine rings is 1. The third kappa shape index (κ3) is 9.57. The molecule has 40 heavy (non-hydrogen) atoms. The SMILES string of the molecule is O=C(CCC(c1ccc(F)cc1)c1ccc(F)cc1)N1CCC(=NOCc2cccnc2)CC1.O=C(O)C(=O)O. The number of aliphatic carboxylic acids is 2. The molecular formula is C29H29F2N3O6. The molecule has 1 amide bonds. The molecule has 0 spiro atoms. The maximum absolute atomic E-state index is 13.4. The fourth-order valence-corrected chi connectivity index (χ4v) is 4.13. The monoisotopic (exact) mass is 553 g/mol. The molecule has 1 aromatic heterocycles. The highest BCUT2D eigenvalue weighted by Gasteiger charge is 2.22. The number of piperidine rings is 1. The van der Waals surface area contributed by atoms with Gasteiger partial charge in [0.1, 0.15) is 18.2 Å². The molecule has 1 fully saturated rings. The van der Waals surface area contributed by atoms with Crippen LogP contribution in [0.2, 0.25) is 0 Å². The third-order valence-corrected chi connectivity index (χ3v) is 6.22. The van der Waals surface area contributed by atoms with E-state index >= 15 is 0 Å². The molecule has 210 valence electrons. The Hall–Kier alpha value is -4.67. The van der Waals surface area contributed by atoms with Gasteiger partial charge in [-0.15, -0.1) is 0 Å². The zero-order valence-electron chi connectivity index (χ0n) is 21.6. The Kier molecular flexibility index (Phi) is 11.2. The second kappa shape index (κ2) is 15.1. The summed E-state index contributed by atoms with van der Waals surface area (Å²) < 4.78 is 26.9. The largest absolute Gasteiger partial charge is 0.473 e. The van der Waals surface area contributed by atoms with Gasteiger partial charge in [0.25, 0.3) is 0 Å². The average molecular weight is 554 g/mol. The van der Waals surface area contributed by atoms with Crippen molar-refractivity contribution in [1.29, 1.82) is 0 Å². The van der Waals surface area contributed by atoms with Gasteiger partial charge in [0.15, 0.2) is 0 Å². The van der Waals surface area contributed by atoms with Crippen LogP contribution in [0.4, 0.5) is 8.78 Å². The van der Waals surface area contributed by atoms with Gasteiger partial charge in [0, 0.05) is 56.2 Å². The number of benzene rings is 2. The van der Waals surface area contributed by atoms with Gasteiger partial charge in [-0.3, -0.25) is 9.78 Å². The predicted molar refractivity (Wildman–Crippen MR) is 141 cm³/mol. The minimum atomic E-state index is -1.82. The Morgan fingerprint density at radius 1 is 0.900 bits per heavy atom. The average Bonchev–Trinajstić information content (AvgIpc) is 2.96. The molecule has 3 aromatic rings. The van der Waals surface area contributed by atoms with E-state index in [1.807, 2.05) is 17.0 Å². The van der Waals surface area contributed by atoms with Crippen LogP contribution in [0.1, 0.15) is 48.3 Å². The minimum absolute atomic E-state index is 0.0737. The molecule has 2 N–H and O–H groups in total. The first kappa shape index (κ1) is 29.9. The maximum Gasteiger partial charge on any atom is 0.414 e. The summed E-state index contributed by atoms with van der Waals surface area (Å²) in [6.45, 7) is 1.57. The van der Waals surface area contributed by atoms with Gasteiger partial charge in [-0.05, 0) is 47.9 Å². The Bertz CT molecular complexity index is 1230. The van der Waals surface area contributed by atoms with Crippen molar-refractivity contribution in [3.63, 3.8) is 0 Å². The summed E-state index contributed by atoms with van der Waals surface area (Å²) >= 11 is 0. The van der Waals surface area contributed by atoms with Crippen molar-refractivity contribution in [1.82, 2.24) is 9.88 Å². The molecule has 1 aliphatic heterocycles. The number of carbonyl (C=O) groups excluding carboxylic acids is 1. The van der Waals surface area contributed by atoms with E-state index in [2.05, 4.69) is 10.1 Å². The van der Waals surface area contributed by atoms with Crippen LogP contribution >= 0.6 is 0 Å². The second-order valence-electron chi connectivity index (χ2n) is 8.98. The molecule has 0 unspecified atom stereocenters. The summed E-state index contributed by atoms with van der Waals surface area (Å²) in [5.41, 5.74) is 3.71. The van der Waals surface area contributed by atoms with Crippen LogP contribution in [0.25, 0.3) is 0 Å². The van der Waals surface area contributed by atoms with Crippen molar-refractivity contribution in [2.24, 2.45) is 5.16 Å². The quantitative estimate of drug-likeness (QED) is 0.308. The van der Waals surface area contributed by atoms with Crippen LogP contribution < -0.4 is 0 Å². The smallest absolute Gasteiger partial charge is 0.414 e. The minimum Gasteiger partial charge on any atom is -0.473 e. The van der Waals surface area contributed by atoms with Crippen molar-refractivity contribution in [3.8, 4) is 0 Å². The van der Waals surface area contributed by atoms with Gasteiger partial charge in [0.05, 0.1) is 5.71 Å². The number of hydrogen-bond donors (Lipinski definition) is 2. The number of amides is 1.